The molecule has 2 amide bonds. The molecule has 132 valence electrons. The number of carbonyl (C=O) groups excluding carboxylic acids is 2. The van der Waals surface area contributed by atoms with Gasteiger partial charge in [0.2, 0.25) is 0 Å². The van der Waals surface area contributed by atoms with Crippen molar-refractivity contribution < 1.29 is 14.3 Å². The van der Waals surface area contributed by atoms with Gasteiger partial charge in [-0.05, 0) is 51.3 Å². The summed E-state index contributed by atoms with van der Waals surface area (Å²) in [5, 5.41) is 5.20. The van der Waals surface area contributed by atoms with Crippen molar-refractivity contribution in [1.82, 2.24) is 10.2 Å². The second-order valence-corrected chi connectivity index (χ2v) is 5.78. The fraction of sp³-hybridized carbons (Fsp3) is 0.263. The van der Waals surface area contributed by atoms with E-state index in [-0.39, 0.29) is 0 Å². The van der Waals surface area contributed by atoms with Gasteiger partial charge in [0.05, 0.1) is 5.69 Å². The molecular formula is C19H23N3O3. The monoisotopic (exact) mass is 341 g/mol. The van der Waals surface area contributed by atoms with Crippen molar-refractivity contribution in [2.75, 3.05) is 32.5 Å². The molecule has 6 heteroatoms. The molecule has 2 aromatic carbocycles. The van der Waals surface area contributed by atoms with Crippen LogP contribution < -0.4 is 15.4 Å². The zero-order valence-corrected chi connectivity index (χ0v) is 14.5. The molecule has 0 aliphatic rings. The van der Waals surface area contributed by atoms with Gasteiger partial charge in [-0.15, -0.1) is 0 Å². The maximum atomic E-state index is 12.1. The van der Waals surface area contributed by atoms with Crippen molar-refractivity contribution in [3.8, 4) is 11.5 Å². The van der Waals surface area contributed by atoms with E-state index in [0.29, 0.717) is 23.7 Å². The number of ether oxygens (including phenoxy) is 1. The Morgan fingerprint density at radius 2 is 1.64 bits per heavy atom. The summed E-state index contributed by atoms with van der Waals surface area (Å²) < 4.78 is 5.76. The minimum Gasteiger partial charge on any atom is -0.455 e. The van der Waals surface area contributed by atoms with E-state index in [9.17, 15) is 9.59 Å². The summed E-state index contributed by atoms with van der Waals surface area (Å²) in [5.74, 6) is -0.248. The highest BCUT2D eigenvalue weighted by Crippen LogP contribution is 2.28. The summed E-state index contributed by atoms with van der Waals surface area (Å²) in [6.45, 7) is 1.29. The molecule has 2 rings (SSSR count). The number of amides is 2. The van der Waals surface area contributed by atoms with Crippen LogP contribution in [0.25, 0.3) is 0 Å². The quantitative estimate of drug-likeness (QED) is 0.600. The first-order chi connectivity index (χ1) is 12.1. The molecular weight excluding hydrogens is 318 g/mol. The smallest absolute Gasteiger partial charge is 0.313 e. The fourth-order valence-electron chi connectivity index (χ4n) is 2.13. The van der Waals surface area contributed by atoms with Crippen LogP contribution in [0.5, 0.6) is 11.5 Å². The average Bonchev–Trinajstić information content (AvgIpc) is 2.61. The summed E-state index contributed by atoms with van der Waals surface area (Å²) in [4.78, 5) is 26.0. The SMILES string of the molecule is CN(C)CCCNC(=O)C(=O)Nc1ccccc1Oc1ccccc1. The highest BCUT2D eigenvalue weighted by molar-refractivity contribution is 6.39. The number of benzene rings is 2. The molecule has 0 aliphatic carbocycles. The third-order valence-corrected chi connectivity index (χ3v) is 3.38. The zero-order valence-electron chi connectivity index (χ0n) is 14.5. The van der Waals surface area contributed by atoms with Crippen molar-refractivity contribution in [2.24, 2.45) is 0 Å². The van der Waals surface area contributed by atoms with Crippen LogP contribution in [0, 0.1) is 0 Å². The van der Waals surface area contributed by atoms with Gasteiger partial charge in [-0.3, -0.25) is 9.59 Å². The molecule has 0 atom stereocenters. The number of hydrogen-bond acceptors (Lipinski definition) is 4. The number of nitrogens with zero attached hydrogens (tertiary/aromatic N) is 1. The second kappa shape index (κ2) is 9.44. The highest BCUT2D eigenvalue weighted by atomic mass is 16.5. The van der Waals surface area contributed by atoms with E-state index in [1.54, 1.807) is 24.3 Å². The second-order valence-electron chi connectivity index (χ2n) is 5.78. The Morgan fingerprint density at radius 3 is 2.36 bits per heavy atom. The Balaban J connectivity index is 1.93. The maximum absolute atomic E-state index is 12.1. The summed E-state index contributed by atoms with van der Waals surface area (Å²) in [5.41, 5.74) is 0.444. The van der Waals surface area contributed by atoms with Gasteiger partial charge < -0.3 is 20.3 Å². The van der Waals surface area contributed by atoms with Crippen LogP contribution in [0.3, 0.4) is 0 Å². The van der Waals surface area contributed by atoms with Gasteiger partial charge in [0.15, 0.2) is 5.75 Å². The predicted octanol–water partition coefficient (Wildman–Crippen LogP) is 2.49. The molecule has 0 aliphatic heterocycles. The van der Waals surface area contributed by atoms with Crippen molar-refractivity contribution in [3.05, 3.63) is 54.6 Å². The molecule has 0 spiro atoms. The molecule has 0 saturated carbocycles. The number of anilines is 1. The Kier molecular flexibility index (Phi) is 6.98. The first kappa shape index (κ1) is 18.5. The van der Waals surface area contributed by atoms with Crippen molar-refractivity contribution in [1.29, 1.82) is 0 Å². The third kappa shape index (κ3) is 6.27. The average molecular weight is 341 g/mol. The fourth-order valence-corrected chi connectivity index (χ4v) is 2.13. The first-order valence-corrected chi connectivity index (χ1v) is 8.12. The molecule has 2 aromatic rings. The van der Waals surface area contributed by atoms with Crippen LogP contribution in [0.15, 0.2) is 54.6 Å². The Labute approximate surface area is 147 Å². The summed E-state index contributed by atoms with van der Waals surface area (Å²) in [6.07, 6.45) is 0.778. The van der Waals surface area contributed by atoms with Gasteiger partial charge in [-0.25, -0.2) is 0 Å². The molecule has 0 radical (unpaired) electrons. The van der Waals surface area contributed by atoms with E-state index in [2.05, 4.69) is 10.6 Å². The van der Waals surface area contributed by atoms with Gasteiger partial charge in [0.1, 0.15) is 5.75 Å². The summed E-state index contributed by atoms with van der Waals surface area (Å²) in [6, 6.07) is 16.2. The number of hydrogen-bond donors (Lipinski definition) is 2. The van der Waals surface area contributed by atoms with Crippen LogP contribution in [0.1, 0.15) is 6.42 Å². The number of para-hydroxylation sites is 3. The van der Waals surface area contributed by atoms with Crippen LogP contribution in [0.4, 0.5) is 5.69 Å². The zero-order chi connectivity index (χ0) is 18.1. The van der Waals surface area contributed by atoms with Crippen LogP contribution in [-0.4, -0.2) is 43.9 Å². The Morgan fingerprint density at radius 1 is 0.960 bits per heavy atom. The summed E-state index contributed by atoms with van der Waals surface area (Å²) >= 11 is 0. The lowest BCUT2D eigenvalue weighted by Gasteiger charge is -2.12. The van der Waals surface area contributed by atoms with Gasteiger partial charge in [0.25, 0.3) is 0 Å². The van der Waals surface area contributed by atoms with E-state index >= 15 is 0 Å². The van der Waals surface area contributed by atoms with Crippen LogP contribution >= 0.6 is 0 Å². The van der Waals surface area contributed by atoms with E-state index < -0.39 is 11.8 Å². The molecule has 2 N–H and O–H groups in total. The standard InChI is InChI=1S/C19H23N3O3/c1-22(2)14-8-13-20-18(23)19(24)21-16-11-6-7-12-17(16)25-15-9-4-3-5-10-15/h3-7,9-12H,8,13-14H2,1-2H3,(H,20,23)(H,21,24). The van der Waals surface area contributed by atoms with Gasteiger partial charge in [0, 0.05) is 6.54 Å². The number of rotatable bonds is 7. The molecule has 25 heavy (non-hydrogen) atoms. The molecule has 0 bridgehead atoms. The normalized spacial score (nSPS) is 10.4. The van der Waals surface area contributed by atoms with Gasteiger partial charge in [-0.1, -0.05) is 30.3 Å². The van der Waals surface area contributed by atoms with Crippen molar-refractivity contribution >= 4 is 17.5 Å². The maximum Gasteiger partial charge on any atom is 0.313 e. The largest absolute Gasteiger partial charge is 0.455 e. The third-order valence-electron chi connectivity index (χ3n) is 3.38. The van der Waals surface area contributed by atoms with E-state index in [1.165, 1.54) is 0 Å². The Bertz CT molecular complexity index is 702. The predicted molar refractivity (Wildman–Crippen MR) is 97.8 cm³/mol. The van der Waals surface area contributed by atoms with E-state index in [1.807, 2.05) is 49.3 Å². The van der Waals surface area contributed by atoms with Gasteiger partial charge >= 0.3 is 11.8 Å². The van der Waals surface area contributed by atoms with Crippen LogP contribution in [-0.2, 0) is 9.59 Å². The molecule has 0 unspecified atom stereocenters. The van der Waals surface area contributed by atoms with Crippen molar-refractivity contribution in [2.45, 2.75) is 6.42 Å². The molecule has 0 aromatic heterocycles. The number of carbonyl (C=O) groups is 2. The topological polar surface area (TPSA) is 70.7 Å². The van der Waals surface area contributed by atoms with E-state index in [4.69, 9.17) is 4.74 Å². The number of nitrogens with one attached hydrogen (secondary N) is 2. The highest BCUT2D eigenvalue weighted by Gasteiger charge is 2.15. The molecule has 0 fully saturated rings. The van der Waals surface area contributed by atoms with Gasteiger partial charge in [-0.2, -0.15) is 0 Å². The molecule has 6 nitrogen and oxygen atoms in total. The molecule has 0 heterocycles. The van der Waals surface area contributed by atoms with Crippen LogP contribution in [0.2, 0.25) is 0 Å². The minimum atomic E-state index is -0.714. The minimum absolute atomic E-state index is 0.444. The van der Waals surface area contributed by atoms with E-state index in [0.717, 1.165) is 13.0 Å². The Hall–Kier alpha value is -2.86. The van der Waals surface area contributed by atoms with Crippen molar-refractivity contribution in [3.63, 3.8) is 0 Å². The lowest BCUT2D eigenvalue weighted by Crippen LogP contribution is -2.36. The lowest BCUT2D eigenvalue weighted by molar-refractivity contribution is -0.136. The summed E-state index contributed by atoms with van der Waals surface area (Å²) in [7, 11) is 3.91. The first-order valence-electron chi connectivity index (χ1n) is 8.12. The molecule has 0 saturated heterocycles. The lowest BCUT2D eigenvalue weighted by atomic mass is 10.2.